The Morgan fingerprint density at radius 2 is 2.24 bits per heavy atom. The van der Waals surface area contributed by atoms with E-state index in [1.54, 1.807) is 35.6 Å². The number of nitrogens with one attached hydrogen (secondary N) is 1. The minimum atomic E-state index is 0.114. The summed E-state index contributed by atoms with van der Waals surface area (Å²) in [5, 5.41) is 22.9. The van der Waals surface area contributed by atoms with Crippen molar-refractivity contribution in [2.24, 2.45) is 0 Å². The first kappa shape index (κ1) is 18.0. The van der Waals surface area contributed by atoms with Crippen molar-refractivity contribution < 1.29 is 5.11 Å². The number of aromatic hydroxyl groups is 1. The van der Waals surface area contributed by atoms with Crippen LogP contribution in [0, 0.1) is 0 Å². The summed E-state index contributed by atoms with van der Waals surface area (Å²) < 4.78 is 1.74. The fourth-order valence-corrected chi connectivity index (χ4v) is 4.61. The predicted molar refractivity (Wildman–Crippen MR) is 110 cm³/mol. The zero-order valence-corrected chi connectivity index (χ0v) is 16.4. The Bertz CT molecular complexity index is 1040. The van der Waals surface area contributed by atoms with Gasteiger partial charge in [0.15, 0.2) is 0 Å². The Morgan fingerprint density at radius 3 is 2.97 bits per heavy atom. The summed E-state index contributed by atoms with van der Waals surface area (Å²) in [5.74, 6) is 0.714. The summed E-state index contributed by atoms with van der Waals surface area (Å²) in [5.41, 5.74) is 3.67. The van der Waals surface area contributed by atoms with E-state index in [9.17, 15) is 5.11 Å². The highest BCUT2D eigenvalue weighted by molar-refractivity contribution is 5.67. The Kier molecular flexibility index (Phi) is 4.39. The van der Waals surface area contributed by atoms with Crippen LogP contribution in [0.2, 0.25) is 0 Å². The second-order valence-corrected chi connectivity index (χ2v) is 8.35. The van der Waals surface area contributed by atoms with Gasteiger partial charge in [0.1, 0.15) is 17.9 Å². The van der Waals surface area contributed by atoms with Gasteiger partial charge in [0, 0.05) is 36.2 Å². The van der Waals surface area contributed by atoms with E-state index in [1.807, 2.05) is 12.1 Å². The van der Waals surface area contributed by atoms with E-state index in [-0.39, 0.29) is 11.3 Å². The quantitative estimate of drug-likeness (QED) is 0.714. The summed E-state index contributed by atoms with van der Waals surface area (Å²) in [6.07, 6.45) is 14.8. The second kappa shape index (κ2) is 7.08. The zero-order chi connectivity index (χ0) is 19.8. The van der Waals surface area contributed by atoms with Gasteiger partial charge in [-0.05, 0) is 50.8 Å². The molecule has 3 aromatic rings. The molecule has 2 bridgehead atoms. The van der Waals surface area contributed by atoms with Crippen molar-refractivity contribution in [1.82, 2.24) is 30.0 Å². The van der Waals surface area contributed by atoms with E-state index >= 15 is 0 Å². The van der Waals surface area contributed by atoms with Gasteiger partial charge in [-0.2, -0.15) is 5.10 Å². The SMILES string of the molecule is C[C@]12CCC[C@H](C/C(=C\c3ccc(-c4cnc(-n5ccnc5)cc4O)nn3)C1)N2. The number of pyridine rings is 1. The van der Waals surface area contributed by atoms with Gasteiger partial charge in [-0.25, -0.2) is 9.97 Å². The summed E-state index contributed by atoms with van der Waals surface area (Å²) >= 11 is 0. The topological polar surface area (TPSA) is 88.8 Å². The summed E-state index contributed by atoms with van der Waals surface area (Å²) in [7, 11) is 0. The second-order valence-electron chi connectivity index (χ2n) is 8.35. The summed E-state index contributed by atoms with van der Waals surface area (Å²) in [4.78, 5) is 8.39. The first-order chi connectivity index (χ1) is 14.1. The Morgan fingerprint density at radius 1 is 1.31 bits per heavy atom. The van der Waals surface area contributed by atoms with Crippen LogP contribution in [-0.2, 0) is 0 Å². The molecule has 0 aliphatic carbocycles. The van der Waals surface area contributed by atoms with Crippen LogP contribution in [0.1, 0.15) is 44.7 Å². The molecule has 7 heteroatoms. The van der Waals surface area contributed by atoms with Crippen molar-refractivity contribution >= 4 is 6.08 Å². The van der Waals surface area contributed by atoms with Gasteiger partial charge in [0.05, 0.1) is 17.0 Å². The van der Waals surface area contributed by atoms with E-state index in [1.165, 1.54) is 24.8 Å². The van der Waals surface area contributed by atoms with E-state index in [4.69, 9.17) is 0 Å². The third-order valence-corrected chi connectivity index (χ3v) is 5.91. The monoisotopic (exact) mass is 388 g/mol. The number of nitrogens with zero attached hydrogens (tertiary/aromatic N) is 5. The fourth-order valence-electron chi connectivity index (χ4n) is 4.61. The molecule has 7 nitrogen and oxygen atoms in total. The fraction of sp³-hybridized carbons (Fsp3) is 0.364. The number of fused-ring (bicyclic) bond motifs is 2. The van der Waals surface area contributed by atoms with Crippen LogP contribution in [0.5, 0.6) is 5.75 Å². The molecular formula is C22H24N6O. The van der Waals surface area contributed by atoms with E-state index in [0.717, 1.165) is 18.5 Å². The molecule has 2 N–H and O–H groups in total. The predicted octanol–water partition coefficient (Wildman–Crippen LogP) is 3.51. The number of piperidine rings is 2. The molecule has 5 heterocycles. The minimum absolute atomic E-state index is 0.114. The standard InChI is InChI=1S/C22H24N6O/c1-22-6-2-3-16(25-22)9-15(12-22)10-17-4-5-19(27-26-17)18-13-24-21(11-20(18)29)28-8-7-23-14-28/h4-5,7-8,10-11,13-14,16,25H,2-3,6,9,12H2,1H3,(H,24,29)/b15-10+/t16-,22+/m1/s1. The van der Waals surface area contributed by atoms with Crippen molar-refractivity contribution in [2.45, 2.75) is 50.6 Å². The van der Waals surface area contributed by atoms with Crippen molar-refractivity contribution in [3.8, 4) is 22.8 Å². The lowest BCUT2D eigenvalue weighted by Gasteiger charge is -2.45. The van der Waals surface area contributed by atoms with Crippen molar-refractivity contribution in [1.29, 1.82) is 0 Å². The highest BCUT2D eigenvalue weighted by atomic mass is 16.3. The first-order valence-electron chi connectivity index (χ1n) is 10.1. The molecule has 0 radical (unpaired) electrons. The maximum Gasteiger partial charge on any atom is 0.141 e. The van der Waals surface area contributed by atoms with E-state index in [0.29, 0.717) is 23.1 Å². The molecule has 0 spiro atoms. The smallest absolute Gasteiger partial charge is 0.141 e. The van der Waals surface area contributed by atoms with Gasteiger partial charge in [0.25, 0.3) is 0 Å². The van der Waals surface area contributed by atoms with Crippen LogP contribution >= 0.6 is 0 Å². The molecule has 3 aromatic heterocycles. The van der Waals surface area contributed by atoms with Crippen LogP contribution in [0.4, 0.5) is 0 Å². The van der Waals surface area contributed by atoms with Crippen LogP contribution in [0.25, 0.3) is 23.2 Å². The molecule has 2 saturated heterocycles. The maximum absolute atomic E-state index is 10.4. The Hall–Kier alpha value is -3.06. The van der Waals surface area contributed by atoms with Gasteiger partial charge in [0.2, 0.25) is 0 Å². The van der Waals surface area contributed by atoms with Crippen molar-refractivity contribution in [3.63, 3.8) is 0 Å². The Labute approximate surface area is 169 Å². The highest BCUT2D eigenvalue weighted by Gasteiger charge is 2.36. The third-order valence-electron chi connectivity index (χ3n) is 5.91. The van der Waals surface area contributed by atoms with E-state index in [2.05, 4.69) is 38.5 Å². The molecule has 29 heavy (non-hydrogen) atoms. The molecule has 0 unspecified atom stereocenters. The van der Waals surface area contributed by atoms with Crippen LogP contribution < -0.4 is 5.32 Å². The number of imidazole rings is 1. The number of hydrogen-bond donors (Lipinski definition) is 2. The molecule has 5 rings (SSSR count). The molecule has 0 amide bonds. The molecule has 0 aromatic carbocycles. The minimum Gasteiger partial charge on any atom is -0.507 e. The molecule has 0 saturated carbocycles. The van der Waals surface area contributed by atoms with Crippen molar-refractivity contribution in [2.75, 3.05) is 0 Å². The lowest BCUT2D eigenvalue weighted by atomic mass is 9.75. The molecule has 148 valence electrons. The average Bonchev–Trinajstić information content (AvgIpc) is 3.23. The highest BCUT2D eigenvalue weighted by Crippen LogP contribution is 2.37. The van der Waals surface area contributed by atoms with Crippen LogP contribution in [-0.4, -0.2) is 41.4 Å². The number of hydrogen-bond acceptors (Lipinski definition) is 6. The number of rotatable bonds is 3. The van der Waals surface area contributed by atoms with E-state index < -0.39 is 0 Å². The van der Waals surface area contributed by atoms with Crippen LogP contribution in [0.3, 0.4) is 0 Å². The van der Waals surface area contributed by atoms with Crippen molar-refractivity contribution in [3.05, 3.63) is 54.4 Å². The summed E-state index contributed by atoms with van der Waals surface area (Å²) in [6.45, 7) is 2.32. The first-order valence-corrected chi connectivity index (χ1v) is 10.1. The average molecular weight is 388 g/mol. The molecule has 2 atom stereocenters. The molecule has 2 fully saturated rings. The van der Waals surface area contributed by atoms with Gasteiger partial charge < -0.3 is 10.4 Å². The zero-order valence-electron chi connectivity index (χ0n) is 16.4. The van der Waals surface area contributed by atoms with Gasteiger partial charge in [-0.1, -0.05) is 12.0 Å². The third kappa shape index (κ3) is 3.65. The largest absolute Gasteiger partial charge is 0.507 e. The lowest BCUT2D eigenvalue weighted by Crippen LogP contribution is -2.55. The number of aromatic nitrogens is 5. The lowest BCUT2D eigenvalue weighted by molar-refractivity contribution is 0.192. The van der Waals surface area contributed by atoms with Gasteiger partial charge in [-0.3, -0.25) is 4.57 Å². The molecule has 2 aliphatic heterocycles. The maximum atomic E-state index is 10.4. The molecule has 2 aliphatic rings. The summed E-state index contributed by atoms with van der Waals surface area (Å²) in [6, 6.07) is 6.02. The molecular weight excluding hydrogens is 364 g/mol. The van der Waals surface area contributed by atoms with Crippen LogP contribution in [0.15, 0.2) is 48.7 Å². The van der Waals surface area contributed by atoms with Gasteiger partial charge >= 0.3 is 0 Å². The normalized spacial score (nSPS) is 25.3. The Balaban J connectivity index is 1.37. The van der Waals surface area contributed by atoms with Gasteiger partial charge in [-0.15, -0.1) is 5.10 Å².